The van der Waals surface area contributed by atoms with Crippen LogP contribution in [0.2, 0.25) is 0 Å². The summed E-state index contributed by atoms with van der Waals surface area (Å²) in [6, 6.07) is 6.06. The van der Waals surface area contributed by atoms with E-state index in [-0.39, 0.29) is 17.6 Å². The van der Waals surface area contributed by atoms with E-state index >= 15 is 0 Å². The number of carbonyl (C=O) groups excluding carboxylic acids is 1. The summed E-state index contributed by atoms with van der Waals surface area (Å²) in [5.41, 5.74) is 0.953. The van der Waals surface area contributed by atoms with Crippen LogP contribution in [-0.2, 0) is 0 Å². The third-order valence-corrected chi connectivity index (χ3v) is 3.48. The Morgan fingerprint density at radius 1 is 1.36 bits per heavy atom. The summed E-state index contributed by atoms with van der Waals surface area (Å²) < 4.78 is 18.6. The van der Waals surface area contributed by atoms with Gasteiger partial charge in [-0.25, -0.2) is 14.4 Å². The van der Waals surface area contributed by atoms with Crippen molar-refractivity contribution in [3.63, 3.8) is 0 Å². The molecule has 0 spiro atoms. The van der Waals surface area contributed by atoms with E-state index in [2.05, 4.69) is 15.3 Å². The fourth-order valence-corrected chi connectivity index (χ4v) is 2.13. The largest absolute Gasteiger partial charge is 0.490 e. The number of aromatic nitrogens is 2. The molecule has 1 saturated carbocycles. The highest BCUT2D eigenvalue weighted by atomic mass is 19.1. The van der Waals surface area contributed by atoms with Crippen molar-refractivity contribution >= 4 is 11.7 Å². The minimum atomic E-state index is -0.456. The van der Waals surface area contributed by atoms with Crippen LogP contribution in [0.1, 0.15) is 35.4 Å². The predicted octanol–water partition coefficient (Wildman–Crippen LogP) is 3.11. The molecule has 3 rings (SSSR count). The highest BCUT2D eigenvalue weighted by Gasteiger charge is 2.20. The van der Waals surface area contributed by atoms with Gasteiger partial charge in [-0.05, 0) is 38.3 Å². The molecule has 2 aromatic heterocycles. The Hall–Kier alpha value is -2.50. The Kier molecular flexibility index (Phi) is 4.00. The maximum Gasteiger partial charge on any atom is 0.275 e. The van der Waals surface area contributed by atoms with Gasteiger partial charge in [-0.15, -0.1) is 0 Å². The summed E-state index contributed by atoms with van der Waals surface area (Å²) in [4.78, 5) is 20.2. The quantitative estimate of drug-likeness (QED) is 0.942. The average molecular weight is 301 g/mol. The Morgan fingerprint density at radius 3 is 2.82 bits per heavy atom. The number of hydrogen-bond acceptors (Lipinski definition) is 4. The predicted molar refractivity (Wildman–Crippen MR) is 79.4 cm³/mol. The average Bonchev–Trinajstić information content (AvgIpc) is 2.45. The number of anilines is 1. The smallest absolute Gasteiger partial charge is 0.275 e. The molecule has 0 aliphatic heterocycles. The van der Waals surface area contributed by atoms with Gasteiger partial charge in [0, 0.05) is 17.8 Å². The third-order valence-electron chi connectivity index (χ3n) is 3.48. The van der Waals surface area contributed by atoms with Crippen LogP contribution in [0.3, 0.4) is 0 Å². The van der Waals surface area contributed by atoms with Gasteiger partial charge in [0.15, 0.2) is 0 Å². The lowest BCUT2D eigenvalue weighted by molar-refractivity contribution is 0.101. The topological polar surface area (TPSA) is 64.1 Å². The molecule has 0 saturated heterocycles. The highest BCUT2D eigenvalue weighted by molar-refractivity contribution is 6.02. The number of hydrogen-bond donors (Lipinski definition) is 1. The van der Waals surface area contributed by atoms with Crippen LogP contribution >= 0.6 is 0 Å². The summed E-state index contributed by atoms with van der Waals surface area (Å²) >= 11 is 0. The van der Waals surface area contributed by atoms with Crippen molar-refractivity contribution in [3.05, 3.63) is 47.7 Å². The van der Waals surface area contributed by atoms with E-state index in [1.807, 2.05) is 6.07 Å². The third kappa shape index (κ3) is 3.39. The molecule has 2 heterocycles. The zero-order valence-electron chi connectivity index (χ0n) is 12.2. The van der Waals surface area contributed by atoms with Gasteiger partial charge in [-0.1, -0.05) is 0 Å². The summed E-state index contributed by atoms with van der Waals surface area (Å²) in [6.07, 6.45) is 4.55. The number of carbonyl (C=O) groups is 1. The molecule has 1 fully saturated rings. The van der Waals surface area contributed by atoms with Crippen molar-refractivity contribution in [1.82, 2.24) is 9.97 Å². The number of nitrogens with one attached hydrogen (secondary N) is 1. The van der Waals surface area contributed by atoms with Crippen molar-refractivity contribution in [2.24, 2.45) is 0 Å². The minimum absolute atomic E-state index is 0.233. The Balaban J connectivity index is 1.74. The molecule has 0 aromatic carbocycles. The number of pyridine rings is 2. The standard InChI is InChI=1S/C16H16FN3O2/c1-10-7-13(22-12-3-2-4-12)8-14(19-10)16(21)20-15-6-5-11(17)9-18-15/h5-9,12H,2-4H2,1H3,(H,18,20,21). The lowest BCUT2D eigenvalue weighted by atomic mass is 9.96. The van der Waals surface area contributed by atoms with Gasteiger partial charge < -0.3 is 10.1 Å². The molecule has 2 aromatic rings. The zero-order chi connectivity index (χ0) is 15.5. The molecule has 0 radical (unpaired) electrons. The van der Waals surface area contributed by atoms with Gasteiger partial charge in [0.05, 0.1) is 12.3 Å². The Morgan fingerprint density at radius 2 is 2.18 bits per heavy atom. The highest BCUT2D eigenvalue weighted by Crippen LogP contribution is 2.26. The van der Waals surface area contributed by atoms with E-state index in [4.69, 9.17) is 4.74 Å². The van der Waals surface area contributed by atoms with Crippen molar-refractivity contribution in [2.75, 3.05) is 5.32 Å². The molecule has 0 bridgehead atoms. The molecule has 0 atom stereocenters. The van der Waals surface area contributed by atoms with E-state index < -0.39 is 11.7 Å². The minimum Gasteiger partial charge on any atom is -0.490 e. The fourth-order valence-electron chi connectivity index (χ4n) is 2.13. The van der Waals surface area contributed by atoms with Gasteiger partial charge in [-0.3, -0.25) is 4.79 Å². The number of aryl methyl sites for hydroxylation is 1. The number of rotatable bonds is 4. The van der Waals surface area contributed by atoms with E-state index in [1.54, 1.807) is 13.0 Å². The normalized spacial score (nSPS) is 14.3. The molecule has 22 heavy (non-hydrogen) atoms. The van der Waals surface area contributed by atoms with Gasteiger partial charge in [-0.2, -0.15) is 0 Å². The monoisotopic (exact) mass is 301 g/mol. The van der Waals surface area contributed by atoms with Crippen molar-refractivity contribution < 1.29 is 13.9 Å². The summed E-state index contributed by atoms with van der Waals surface area (Å²) in [7, 11) is 0. The number of ether oxygens (including phenoxy) is 1. The van der Waals surface area contributed by atoms with Gasteiger partial charge in [0.2, 0.25) is 0 Å². The molecule has 1 amide bonds. The Labute approximate surface area is 127 Å². The molecule has 0 unspecified atom stereocenters. The first-order valence-electron chi connectivity index (χ1n) is 7.18. The van der Waals surface area contributed by atoms with Gasteiger partial charge in [0.1, 0.15) is 23.1 Å². The van der Waals surface area contributed by atoms with Gasteiger partial charge in [0.25, 0.3) is 5.91 Å². The second kappa shape index (κ2) is 6.09. The van der Waals surface area contributed by atoms with Crippen LogP contribution in [-0.4, -0.2) is 22.0 Å². The van der Waals surface area contributed by atoms with Gasteiger partial charge >= 0.3 is 0 Å². The van der Waals surface area contributed by atoms with Crippen LogP contribution in [0.4, 0.5) is 10.2 Å². The molecular formula is C16H16FN3O2. The SMILES string of the molecule is Cc1cc(OC2CCC2)cc(C(=O)Nc2ccc(F)cn2)n1. The number of halogens is 1. The maximum absolute atomic E-state index is 12.8. The number of nitrogens with zero attached hydrogens (tertiary/aromatic N) is 2. The van der Waals surface area contributed by atoms with Crippen LogP contribution in [0.25, 0.3) is 0 Å². The van der Waals surface area contributed by atoms with Crippen LogP contribution in [0.5, 0.6) is 5.75 Å². The molecule has 5 nitrogen and oxygen atoms in total. The van der Waals surface area contributed by atoms with E-state index in [0.717, 1.165) is 19.0 Å². The second-order valence-electron chi connectivity index (χ2n) is 5.32. The maximum atomic E-state index is 12.8. The van der Waals surface area contributed by atoms with Crippen molar-refractivity contribution in [1.29, 1.82) is 0 Å². The molecule has 1 aliphatic rings. The molecular weight excluding hydrogens is 285 g/mol. The molecule has 114 valence electrons. The first-order valence-corrected chi connectivity index (χ1v) is 7.18. The van der Waals surface area contributed by atoms with Crippen molar-refractivity contribution in [2.45, 2.75) is 32.3 Å². The summed E-state index contributed by atoms with van der Waals surface area (Å²) in [6.45, 7) is 1.81. The molecule has 6 heteroatoms. The Bertz CT molecular complexity index is 684. The lowest BCUT2D eigenvalue weighted by Crippen LogP contribution is -2.25. The molecule has 1 N–H and O–H groups in total. The lowest BCUT2D eigenvalue weighted by Gasteiger charge is -2.26. The first-order chi connectivity index (χ1) is 10.6. The zero-order valence-corrected chi connectivity index (χ0v) is 12.2. The summed E-state index contributed by atoms with van der Waals surface area (Å²) in [5, 5.41) is 2.59. The number of amides is 1. The van der Waals surface area contributed by atoms with Crippen LogP contribution in [0.15, 0.2) is 30.5 Å². The van der Waals surface area contributed by atoms with E-state index in [9.17, 15) is 9.18 Å². The van der Waals surface area contributed by atoms with E-state index in [1.165, 1.54) is 18.6 Å². The van der Waals surface area contributed by atoms with Crippen LogP contribution < -0.4 is 10.1 Å². The second-order valence-corrected chi connectivity index (χ2v) is 5.32. The fraction of sp³-hybridized carbons (Fsp3) is 0.312. The van der Waals surface area contributed by atoms with Crippen molar-refractivity contribution in [3.8, 4) is 5.75 Å². The first kappa shape index (κ1) is 14.4. The van der Waals surface area contributed by atoms with Crippen LogP contribution in [0, 0.1) is 12.7 Å². The summed E-state index contributed by atoms with van der Waals surface area (Å²) in [5.74, 6) is 0.0646. The molecule has 1 aliphatic carbocycles. The van der Waals surface area contributed by atoms with E-state index in [0.29, 0.717) is 11.4 Å².